The van der Waals surface area contributed by atoms with Crippen LogP contribution >= 0.6 is 11.6 Å². The molecule has 154 valence electrons. The van der Waals surface area contributed by atoms with Gasteiger partial charge in [-0.05, 0) is 30.8 Å². The van der Waals surface area contributed by atoms with Crippen LogP contribution in [-0.2, 0) is 4.79 Å². The quantitative estimate of drug-likeness (QED) is 0.470. The third kappa shape index (κ3) is 7.37. The van der Waals surface area contributed by atoms with E-state index in [0.29, 0.717) is 12.0 Å². The second-order valence-corrected chi connectivity index (χ2v) is 8.24. The van der Waals surface area contributed by atoms with Gasteiger partial charge in [0.2, 0.25) is 5.91 Å². The monoisotopic (exact) mass is 402 g/mol. The van der Waals surface area contributed by atoms with Crippen LogP contribution in [0.5, 0.6) is 0 Å². The van der Waals surface area contributed by atoms with Crippen molar-refractivity contribution < 1.29 is 19.4 Å². The zero-order chi connectivity index (χ0) is 20.6. The van der Waals surface area contributed by atoms with Crippen LogP contribution in [0.1, 0.15) is 40.5 Å². The summed E-state index contributed by atoms with van der Waals surface area (Å²) in [6.45, 7) is 7.52. The zero-order valence-electron chi connectivity index (χ0n) is 16.5. The second kappa shape index (κ2) is 11.0. The van der Waals surface area contributed by atoms with Gasteiger partial charge in [-0.15, -0.1) is 0 Å². The first-order valence-corrected chi connectivity index (χ1v) is 9.67. The summed E-state index contributed by atoms with van der Waals surface area (Å²) < 4.78 is 14.3. The molecule has 0 bridgehead atoms. The molecule has 0 radical (unpaired) electrons. The topological polar surface area (TPSA) is 81.6 Å². The maximum atomic E-state index is 14.3. The minimum absolute atomic E-state index is 0.0487. The maximum Gasteiger partial charge on any atom is 0.237 e. The molecule has 0 aromatic rings. The first-order chi connectivity index (χ1) is 12.6. The molecule has 4 N–H and O–H groups in total. The van der Waals surface area contributed by atoms with Crippen molar-refractivity contribution in [1.29, 1.82) is 0 Å². The summed E-state index contributed by atoms with van der Waals surface area (Å²) in [7, 11) is 0. The number of aliphatic hydroxyl groups is 2. The van der Waals surface area contributed by atoms with E-state index in [4.69, 9.17) is 16.7 Å². The predicted molar refractivity (Wildman–Crippen MR) is 107 cm³/mol. The maximum absolute atomic E-state index is 14.3. The molecule has 1 fully saturated rings. The Morgan fingerprint density at radius 3 is 2.59 bits per heavy atom. The molecule has 1 rings (SSSR count). The summed E-state index contributed by atoms with van der Waals surface area (Å²) in [6.07, 6.45) is 4.93. The summed E-state index contributed by atoms with van der Waals surface area (Å²) in [5, 5.41) is 24.4. The average molecular weight is 403 g/mol. The van der Waals surface area contributed by atoms with Gasteiger partial charge in [-0.3, -0.25) is 4.79 Å². The third-order valence-electron chi connectivity index (χ3n) is 4.85. The Bertz CT molecular complexity index is 580. The van der Waals surface area contributed by atoms with Crippen LogP contribution < -0.4 is 10.6 Å². The Morgan fingerprint density at radius 2 is 2.07 bits per heavy atom. The normalized spacial score (nSPS) is 25.9. The van der Waals surface area contributed by atoms with E-state index in [1.54, 1.807) is 18.2 Å². The molecule has 0 saturated carbocycles. The fourth-order valence-corrected chi connectivity index (χ4v) is 3.30. The van der Waals surface area contributed by atoms with Crippen molar-refractivity contribution in [3.8, 4) is 0 Å². The highest BCUT2D eigenvalue weighted by atomic mass is 35.5. The molecule has 1 amide bonds. The molecule has 7 heteroatoms. The van der Waals surface area contributed by atoms with Gasteiger partial charge in [-0.2, -0.15) is 0 Å². The van der Waals surface area contributed by atoms with E-state index >= 15 is 0 Å². The summed E-state index contributed by atoms with van der Waals surface area (Å²) in [4.78, 5) is 12.7. The molecule has 0 aromatic carbocycles. The van der Waals surface area contributed by atoms with E-state index in [1.165, 1.54) is 12.5 Å². The summed E-state index contributed by atoms with van der Waals surface area (Å²) >= 11 is 5.52. The molecular formula is C20H32ClFN2O3. The Kier molecular flexibility index (Phi) is 9.67. The number of halogens is 2. The van der Waals surface area contributed by atoms with Crippen LogP contribution in [0.15, 0.2) is 35.2 Å². The average Bonchev–Trinajstić information content (AvgIpc) is 3.03. The fourth-order valence-electron chi connectivity index (χ4n) is 3.22. The molecule has 5 nitrogen and oxygen atoms in total. The van der Waals surface area contributed by atoms with Crippen molar-refractivity contribution in [1.82, 2.24) is 10.6 Å². The van der Waals surface area contributed by atoms with E-state index in [-0.39, 0.29) is 48.7 Å². The zero-order valence-corrected chi connectivity index (χ0v) is 17.3. The Morgan fingerprint density at radius 1 is 1.41 bits per heavy atom. The van der Waals surface area contributed by atoms with E-state index in [2.05, 4.69) is 31.4 Å². The van der Waals surface area contributed by atoms with Crippen LogP contribution in [0, 0.1) is 11.3 Å². The molecule has 27 heavy (non-hydrogen) atoms. The first-order valence-electron chi connectivity index (χ1n) is 9.24. The second-order valence-electron chi connectivity index (χ2n) is 7.99. The van der Waals surface area contributed by atoms with Gasteiger partial charge in [0.1, 0.15) is 5.83 Å². The number of aliphatic hydroxyl groups excluding tert-OH is 2. The number of rotatable bonds is 8. The number of hydrogen-bond donors (Lipinski definition) is 4. The third-order valence-corrected chi connectivity index (χ3v) is 4.99. The van der Waals surface area contributed by atoms with E-state index in [9.17, 15) is 14.3 Å². The number of nitrogens with one attached hydrogen (secondary N) is 2. The molecule has 0 unspecified atom stereocenters. The van der Waals surface area contributed by atoms with Crippen molar-refractivity contribution in [2.75, 3.05) is 13.2 Å². The Labute approximate surface area is 166 Å². The van der Waals surface area contributed by atoms with Gasteiger partial charge in [0, 0.05) is 24.0 Å². The molecule has 1 heterocycles. The minimum Gasteiger partial charge on any atom is -0.394 e. The van der Waals surface area contributed by atoms with Crippen LogP contribution in [0.2, 0.25) is 0 Å². The highest BCUT2D eigenvalue weighted by molar-refractivity contribution is 6.25. The Balaban J connectivity index is 3.01. The lowest BCUT2D eigenvalue weighted by Gasteiger charge is -2.27. The molecule has 1 aliphatic heterocycles. The molecule has 4 atom stereocenters. The van der Waals surface area contributed by atoms with Crippen molar-refractivity contribution >= 4 is 17.5 Å². The summed E-state index contributed by atoms with van der Waals surface area (Å²) in [6, 6.07) is -0.529. The van der Waals surface area contributed by atoms with Crippen LogP contribution in [-0.4, -0.2) is 47.5 Å². The minimum atomic E-state index is -0.867. The molecule has 0 spiro atoms. The van der Waals surface area contributed by atoms with Gasteiger partial charge in [-0.25, -0.2) is 4.39 Å². The first kappa shape index (κ1) is 23.8. The van der Waals surface area contributed by atoms with Crippen LogP contribution in [0.4, 0.5) is 4.39 Å². The SMILES string of the molecule is C\C(F)=C(/C=C\C=C\Cl)[C@@H]1C[C@H](C(C)(C)C)N[C@H]1C(=O)NCC[C@H](O)CO. The molecular weight excluding hydrogens is 371 g/mol. The van der Waals surface area contributed by atoms with Crippen LogP contribution in [0.3, 0.4) is 0 Å². The molecule has 1 aliphatic rings. The van der Waals surface area contributed by atoms with Crippen molar-refractivity contribution in [3.63, 3.8) is 0 Å². The number of carbonyl (C=O) groups is 1. The highest BCUT2D eigenvalue weighted by Crippen LogP contribution is 2.37. The number of amides is 1. The smallest absolute Gasteiger partial charge is 0.237 e. The van der Waals surface area contributed by atoms with Crippen molar-refractivity contribution in [3.05, 3.63) is 35.2 Å². The standard InChI is InChI=1S/C20H32ClFN2O3/c1-13(22)15(7-5-6-9-21)16-11-17(20(2,3)4)24-18(16)19(27)23-10-8-14(26)12-25/h5-7,9,14,16-18,24-26H,8,10-12H2,1-4H3,(H,23,27)/b7-5-,9-6+,15-13-/t14-,16-,17+,18+/m0/s1. The summed E-state index contributed by atoms with van der Waals surface area (Å²) in [5.41, 5.74) is 1.72. The van der Waals surface area contributed by atoms with E-state index in [0.717, 1.165) is 0 Å². The van der Waals surface area contributed by atoms with Gasteiger partial charge in [0.05, 0.1) is 18.8 Å². The largest absolute Gasteiger partial charge is 0.394 e. The van der Waals surface area contributed by atoms with E-state index < -0.39 is 12.1 Å². The van der Waals surface area contributed by atoms with Gasteiger partial charge >= 0.3 is 0 Å². The molecule has 0 aromatic heterocycles. The number of allylic oxidation sites excluding steroid dienone is 4. The van der Waals surface area contributed by atoms with Gasteiger partial charge in [0.15, 0.2) is 0 Å². The lowest BCUT2D eigenvalue weighted by molar-refractivity contribution is -0.123. The highest BCUT2D eigenvalue weighted by Gasteiger charge is 2.44. The van der Waals surface area contributed by atoms with Gasteiger partial charge in [0.25, 0.3) is 0 Å². The molecule has 1 saturated heterocycles. The fraction of sp³-hybridized carbons (Fsp3) is 0.650. The molecule has 0 aliphatic carbocycles. The van der Waals surface area contributed by atoms with Crippen molar-refractivity contribution in [2.24, 2.45) is 11.3 Å². The van der Waals surface area contributed by atoms with Crippen molar-refractivity contribution in [2.45, 2.75) is 58.7 Å². The lowest BCUT2D eigenvalue weighted by Crippen LogP contribution is -2.48. The van der Waals surface area contributed by atoms with Crippen LogP contribution in [0.25, 0.3) is 0 Å². The number of hydrogen-bond acceptors (Lipinski definition) is 4. The summed E-state index contributed by atoms with van der Waals surface area (Å²) in [5.74, 6) is -0.886. The predicted octanol–water partition coefficient (Wildman–Crippen LogP) is 2.79. The Hall–Kier alpha value is -1.21. The number of carbonyl (C=O) groups excluding carboxylic acids is 1. The van der Waals surface area contributed by atoms with Gasteiger partial charge < -0.3 is 20.8 Å². The van der Waals surface area contributed by atoms with Gasteiger partial charge in [-0.1, -0.05) is 50.6 Å². The van der Waals surface area contributed by atoms with E-state index in [1.807, 2.05) is 0 Å². The lowest BCUT2D eigenvalue weighted by atomic mass is 9.81.